The highest BCUT2D eigenvalue weighted by atomic mass is 19.4. The van der Waals surface area contributed by atoms with Crippen molar-refractivity contribution in [3.63, 3.8) is 0 Å². The number of nitrogens with zero attached hydrogens (tertiary/aromatic N) is 8. The summed E-state index contributed by atoms with van der Waals surface area (Å²) in [4.78, 5) is 0. The molecule has 0 saturated carbocycles. The number of nitriles is 6. The molecule has 0 saturated heterocycles. The molecule has 0 radical (unpaired) electrons. The number of rotatable bonds is 7. The van der Waals surface area contributed by atoms with Crippen LogP contribution in [0.1, 0.15) is 38.9 Å². The standard InChI is InChI=1S/C67H33F3N8/c68-67(69,70)58-3-1-2-53(39-76)65(58)66-63(77-59-30-49(45-12-4-40(34-71)5-13-45)20-24-54(59)55-25-21-50(31-60(55)77)46-14-6-41(35-72)7-15-46)28-44(38-75)29-64(66)78-61-32-51(47-16-8-42(36-73)9-17-47)22-26-56(61)57-27-23-52(33-62(57)78)48-18-10-43(37-74)11-19-48/h1-33H. The summed E-state index contributed by atoms with van der Waals surface area (Å²) in [6, 6.07) is 71.5. The van der Waals surface area contributed by atoms with Crippen molar-refractivity contribution in [2.45, 2.75) is 6.18 Å². The molecule has 362 valence electrons. The number of aromatic nitrogens is 2. The van der Waals surface area contributed by atoms with Crippen LogP contribution in [-0.4, -0.2) is 9.13 Å². The molecule has 0 aliphatic rings. The van der Waals surface area contributed by atoms with E-state index in [2.05, 4.69) is 36.4 Å². The molecule has 0 unspecified atom stereocenters. The maximum absolute atomic E-state index is 16.1. The van der Waals surface area contributed by atoms with Crippen LogP contribution in [0.15, 0.2) is 200 Å². The van der Waals surface area contributed by atoms with Crippen LogP contribution >= 0.6 is 0 Å². The number of alkyl halides is 3. The molecule has 0 atom stereocenters. The van der Waals surface area contributed by atoms with E-state index in [0.717, 1.165) is 72.1 Å². The van der Waals surface area contributed by atoms with E-state index < -0.39 is 17.3 Å². The van der Waals surface area contributed by atoms with Gasteiger partial charge in [-0.15, -0.1) is 0 Å². The van der Waals surface area contributed by atoms with Crippen LogP contribution in [0.25, 0.3) is 111 Å². The zero-order valence-electron chi connectivity index (χ0n) is 40.8. The first-order chi connectivity index (χ1) is 38.0. The highest BCUT2D eigenvalue weighted by Gasteiger charge is 2.37. The number of benzene rings is 10. The van der Waals surface area contributed by atoms with Gasteiger partial charge in [0.25, 0.3) is 0 Å². The Hall–Kier alpha value is -11.5. The Kier molecular flexibility index (Phi) is 11.4. The van der Waals surface area contributed by atoms with Crippen LogP contribution < -0.4 is 0 Å². The van der Waals surface area contributed by atoms with Gasteiger partial charge in [-0.3, -0.25) is 0 Å². The van der Waals surface area contributed by atoms with Gasteiger partial charge in [0.05, 0.1) is 109 Å². The normalized spacial score (nSPS) is 11.2. The van der Waals surface area contributed by atoms with Crippen molar-refractivity contribution in [1.29, 1.82) is 31.6 Å². The van der Waals surface area contributed by atoms with Crippen molar-refractivity contribution in [3.8, 4) is 103 Å². The molecule has 0 fully saturated rings. The van der Waals surface area contributed by atoms with Gasteiger partial charge < -0.3 is 9.13 Å². The highest BCUT2D eigenvalue weighted by molar-refractivity contribution is 6.14. The third-order valence-corrected chi connectivity index (χ3v) is 14.4. The maximum atomic E-state index is 16.1. The molecular formula is C67H33F3N8. The number of fused-ring (bicyclic) bond motifs is 6. The summed E-state index contributed by atoms with van der Waals surface area (Å²) in [6.45, 7) is 0. The van der Waals surface area contributed by atoms with Gasteiger partial charge in [0, 0.05) is 32.7 Å². The maximum Gasteiger partial charge on any atom is 0.417 e. The van der Waals surface area contributed by atoms with Gasteiger partial charge >= 0.3 is 6.18 Å². The lowest BCUT2D eigenvalue weighted by Gasteiger charge is -2.24. The van der Waals surface area contributed by atoms with Crippen molar-refractivity contribution >= 4 is 43.6 Å². The molecule has 0 aliphatic carbocycles. The lowest BCUT2D eigenvalue weighted by Crippen LogP contribution is -2.12. The third kappa shape index (κ3) is 7.99. The second-order valence-electron chi connectivity index (χ2n) is 18.7. The Morgan fingerprint density at radius 1 is 0.295 bits per heavy atom. The van der Waals surface area contributed by atoms with Crippen LogP contribution in [0.5, 0.6) is 0 Å². The van der Waals surface area contributed by atoms with Gasteiger partial charge in [-0.25, -0.2) is 0 Å². The van der Waals surface area contributed by atoms with E-state index in [1.54, 1.807) is 60.7 Å². The van der Waals surface area contributed by atoms with Gasteiger partial charge in [0.15, 0.2) is 0 Å². The zero-order valence-corrected chi connectivity index (χ0v) is 40.8. The van der Waals surface area contributed by atoms with Gasteiger partial charge in [-0.2, -0.15) is 44.7 Å². The smallest absolute Gasteiger partial charge is 0.308 e. The van der Waals surface area contributed by atoms with Crippen LogP contribution in [0.2, 0.25) is 0 Å². The Bertz CT molecular complexity index is 4260. The van der Waals surface area contributed by atoms with Crippen LogP contribution in [-0.2, 0) is 6.18 Å². The monoisotopic (exact) mass is 1010 g/mol. The first kappa shape index (κ1) is 47.5. The number of halogens is 3. The fourth-order valence-electron chi connectivity index (χ4n) is 10.7. The second kappa shape index (κ2) is 18.8. The summed E-state index contributed by atoms with van der Waals surface area (Å²) in [5.41, 5.74) is 8.92. The predicted molar refractivity (Wildman–Crippen MR) is 296 cm³/mol. The van der Waals surface area contributed by atoms with E-state index in [-0.39, 0.29) is 28.1 Å². The van der Waals surface area contributed by atoms with Crippen LogP contribution in [0.3, 0.4) is 0 Å². The Labute approximate surface area is 444 Å². The molecule has 0 spiro atoms. The molecule has 11 heteroatoms. The molecule has 8 nitrogen and oxygen atoms in total. The van der Waals surface area contributed by atoms with E-state index in [4.69, 9.17) is 0 Å². The quantitative estimate of drug-likeness (QED) is 0.155. The molecule has 2 heterocycles. The van der Waals surface area contributed by atoms with Crippen molar-refractivity contribution in [1.82, 2.24) is 9.13 Å². The van der Waals surface area contributed by atoms with E-state index in [9.17, 15) is 31.6 Å². The summed E-state index contributed by atoms with van der Waals surface area (Å²) >= 11 is 0. The molecule has 0 aliphatic heterocycles. The molecule has 12 rings (SSSR count). The average molecular weight is 1010 g/mol. The van der Waals surface area contributed by atoms with Gasteiger partial charge in [-0.1, -0.05) is 103 Å². The zero-order chi connectivity index (χ0) is 53.8. The molecular weight excluding hydrogens is 974 g/mol. The fourth-order valence-corrected chi connectivity index (χ4v) is 10.7. The summed E-state index contributed by atoms with van der Waals surface area (Å²) in [5, 5.41) is 63.9. The van der Waals surface area contributed by atoms with Crippen molar-refractivity contribution in [2.75, 3.05) is 0 Å². The lowest BCUT2D eigenvalue weighted by atomic mass is 9.90. The minimum absolute atomic E-state index is 0.0104. The van der Waals surface area contributed by atoms with E-state index in [1.165, 1.54) is 12.1 Å². The van der Waals surface area contributed by atoms with Crippen LogP contribution in [0.4, 0.5) is 13.2 Å². The van der Waals surface area contributed by atoms with Crippen molar-refractivity contribution < 1.29 is 13.2 Å². The summed E-state index contributed by atoms with van der Waals surface area (Å²) in [6.07, 6.45) is -4.98. The fraction of sp³-hybridized carbons (Fsp3) is 0.0149. The Balaban J connectivity index is 1.28. The van der Waals surface area contributed by atoms with E-state index >= 15 is 13.2 Å². The lowest BCUT2D eigenvalue weighted by molar-refractivity contribution is -0.137. The van der Waals surface area contributed by atoms with Gasteiger partial charge in [-0.05, 0) is 142 Å². The van der Waals surface area contributed by atoms with Crippen molar-refractivity contribution in [2.24, 2.45) is 0 Å². The van der Waals surface area contributed by atoms with Gasteiger partial charge in [0.1, 0.15) is 0 Å². The first-order valence-corrected chi connectivity index (χ1v) is 24.4. The SMILES string of the molecule is N#Cc1ccc(-c2ccc3c4ccc(-c5ccc(C#N)cc5)cc4n(-c4cc(C#N)cc(-n5c6cc(-c7ccc(C#N)cc7)ccc6c6ccc(-c7ccc(C#N)cc7)cc65)c4-c4c(C#N)cccc4C(F)(F)F)c3c2)cc1. The second-order valence-corrected chi connectivity index (χ2v) is 18.7. The molecule has 2 aromatic heterocycles. The largest absolute Gasteiger partial charge is 0.417 e. The molecule has 10 aromatic carbocycles. The summed E-state index contributed by atoms with van der Waals surface area (Å²) < 4.78 is 52.0. The van der Waals surface area contributed by atoms with E-state index in [0.29, 0.717) is 44.3 Å². The Morgan fingerprint density at radius 2 is 0.590 bits per heavy atom. The minimum Gasteiger partial charge on any atom is -0.308 e. The molecule has 12 aromatic rings. The minimum atomic E-state index is -4.98. The molecule has 0 amide bonds. The topological polar surface area (TPSA) is 153 Å². The number of hydrogen-bond donors (Lipinski definition) is 0. The van der Waals surface area contributed by atoms with Crippen molar-refractivity contribution in [3.05, 3.63) is 239 Å². The average Bonchev–Trinajstić information content (AvgIpc) is 4.21. The van der Waals surface area contributed by atoms with Gasteiger partial charge in [0.2, 0.25) is 0 Å². The van der Waals surface area contributed by atoms with Crippen LogP contribution in [0, 0.1) is 68.0 Å². The summed E-state index contributed by atoms with van der Waals surface area (Å²) in [5.74, 6) is 0. The molecule has 0 bridgehead atoms. The third-order valence-electron chi connectivity index (χ3n) is 14.4. The molecule has 78 heavy (non-hydrogen) atoms. The van der Waals surface area contributed by atoms with E-state index in [1.807, 2.05) is 130 Å². The first-order valence-electron chi connectivity index (χ1n) is 24.4. The highest BCUT2D eigenvalue weighted by Crippen LogP contribution is 2.49. The Morgan fingerprint density at radius 3 is 0.859 bits per heavy atom. The summed E-state index contributed by atoms with van der Waals surface area (Å²) in [7, 11) is 0. The number of hydrogen-bond acceptors (Lipinski definition) is 6. The molecule has 0 N–H and O–H groups in total. The predicted octanol–water partition coefficient (Wildman–Crippen LogP) is 16.5.